The smallest absolute Gasteiger partial charge is 0.251 e. The molecule has 0 saturated heterocycles. The normalized spacial score (nSPS) is 16.2. The molecule has 0 spiro atoms. The summed E-state index contributed by atoms with van der Waals surface area (Å²) < 4.78 is 7.75. The number of benzene rings is 1. The Kier molecular flexibility index (Phi) is 7.04. The van der Waals surface area contributed by atoms with E-state index in [1.54, 1.807) is 0 Å². The van der Waals surface area contributed by atoms with Crippen molar-refractivity contribution in [3.8, 4) is 5.75 Å². The molecule has 8 nitrogen and oxygen atoms in total. The van der Waals surface area contributed by atoms with Crippen LogP contribution in [0.4, 0.5) is 5.00 Å². The van der Waals surface area contributed by atoms with Crippen LogP contribution >= 0.6 is 23.1 Å². The maximum absolute atomic E-state index is 12.7. The van der Waals surface area contributed by atoms with E-state index < -0.39 is 5.91 Å². The minimum absolute atomic E-state index is 0.136. The monoisotopic (exact) mass is 485 g/mol. The zero-order valence-corrected chi connectivity index (χ0v) is 20.5. The van der Waals surface area contributed by atoms with E-state index >= 15 is 0 Å². The first-order chi connectivity index (χ1) is 15.8. The van der Waals surface area contributed by atoms with Gasteiger partial charge in [0.2, 0.25) is 5.91 Å². The fourth-order valence-corrected chi connectivity index (χ4v) is 6.10. The number of hydrogen-bond donors (Lipinski definition) is 2. The summed E-state index contributed by atoms with van der Waals surface area (Å²) in [7, 11) is 1.85. The second-order valence-electron chi connectivity index (χ2n) is 8.23. The van der Waals surface area contributed by atoms with Crippen molar-refractivity contribution in [1.29, 1.82) is 0 Å². The molecule has 2 aromatic heterocycles. The third-order valence-corrected chi connectivity index (χ3v) is 7.82. The van der Waals surface area contributed by atoms with Crippen LogP contribution in [-0.2, 0) is 24.7 Å². The molecule has 0 radical (unpaired) electrons. The van der Waals surface area contributed by atoms with Crippen LogP contribution in [0.2, 0.25) is 0 Å². The van der Waals surface area contributed by atoms with Gasteiger partial charge in [-0.2, -0.15) is 0 Å². The zero-order chi connectivity index (χ0) is 23.5. The molecule has 3 N–H and O–H groups in total. The van der Waals surface area contributed by atoms with Gasteiger partial charge < -0.3 is 20.4 Å². The Hall–Kier alpha value is -2.85. The number of carbonyl (C=O) groups excluding carboxylic acids is 2. The average molecular weight is 486 g/mol. The van der Waals surface area contributed by atoms with Crippen molar-refractivity contribution in [2.45, 2.75) is 44.4 Å². The maximum Gasteiger partial charge on any atom is 0.251 e. The van der Waals surface area contributed by atoms with Crippen molar-refractivity contribution in [3.05, 3.63) is 52.2 Å². The molecule has 2 amide bonds. The van der Waals surface area contributed by atoms with Crippen molar-refractivity contribution in [2.24, 2.45) is 18.7 Å². The molecule has 2 heterocycles. The van der Waals surface area contributed by atoms with Gasteiger partial charge in [-0.3, -0.25) is 9.59 Å². The summed E-state index contributed by atoms with van der Waals surface area (Å²) in [6.45, 7) is 4.10. The molecule has 1 aromatic carbocycles. The molecule has 4 rings (SSSR count). The van der Waals surface area contributed by atoms with Gasteiger partial charge in [-0.1, -0.05) is 36.9 Å². The Morgan fingerprint density at radius 2 is 2.09 bits per heavy atom. The van der Waals surface area contributed by atoms with Gasteiger partial charge in [-0.05, 0) is 49.8 Å². The van der Waals surface area contributed by atoms with Crippen LogP contribution in [0.25, 0.3) is 0 Å². The average Bonchev–Trinajstić information content (AvgIpc) is 3.32. The highest BCUT2D eigenvalue weighted by Gasteiger charge is 2.27. The number of fused-ring (bicyclic) bond motifs is 1. The van der Waals surface area contributed by atoms with E-state index in [1.807, 2.05) is 48.9 Å². The van der Waals surface area contributed by atoms with E-state index in [0.717, 1.165) is 35.5 Å². The largest absolute Gasteiger partial charge is 0.483 e. The minimum Gasteiger partial charge on any atom is -0.483 e. The number of primary amides is 1. The number of rotatable bonds is 8. The van der Waals surface area contributed by atoms with Gasteiger partial charge in [0.05, 0.1) is 11.3 Å². The van der Waals surface area contributed by atoms with E-state index in [0.29, 0.717) is 27.5 Å². The second kappa shape index (κ2) is 9.96. The van der Waals surface area contributed by atoms with Gasteiger partial charge in [-0.25, -0.2) is 0 Å². The first-order valence-corrected chi connectivity index (χ1v) is 12.6. The van der Waals surface area contributed by atoms with Gasteiger partial charge in [0.1, 0.15) is 10.8 Å². The predicted octanol–water partition coefficient (Wildman–Crippen LogP) is 3.97. The van der Waals surface area contributed by atoms with Crippen LogP contribution in [0, 0.1) is 5.92 Å². The summed E-state index contributed by atoms with van der Waals surface area (Å²) in [5, 5.41) is 12.5. The van der Waals surface area contributed by atoms with Crippen LogP contribution in [-0.4, -0.2) is 32.3 Å². The molecule has 0 bridgehead atoms. The number of aromatic nitrogens is 3. The standard InChI is InChI=1S/C23H27N5O3S2/c1-13-9-10-16-17(11-13)33-22(19(16)20(24)30)25-18(29)12-32-23-27-26-21(28(23)3)14(2)31-15-7-5-4-6-8-15/h4-8,13-14H,9-12H2,1-3H3,(H2,24,30)(H,25,29). The summed E-state index contributed by atoms with van der Waals surface area (Å²) in [5.74, 6) is 1.41. The third kappa shape index (κ3) is 5.22. The number of hydrogen-bond acceptors (Lipinski definition) is 7. The number of carbonyl (C=O) groups is 2. The second-order valence-corrected chi connectivity index (χ2v) is 10.3. The summed E-state index contributed by atoms with van der Waals surface area (Å²) in [5.41, 5.74) is 7.11. The van der Waals surface area contributed by atoms with Crippen molar-refractivity contribution >= 4 is 39.9 Å². The first-order valence-electron chi connectivity index (χ1n) is 10.8. The molecular weight excluding hydrogens is 458 g/mol. The summed E-state index contributed by atoms with van der Waals surface area (Å²) >= 11 is 2.74. The van der Waals surface area contributed by atoms with Crippen molar-refractivity contribution in [3.63, 3.8) is 0 Å². The van der Waals surface area contributed by atoms with Crippen molar-refractivity contribution in [2.75, 3.05) is 11.1 Å². The molecule has 2 unspecified atom stereocenters. The molecule has 174 valence electrons. The molecule has 33 heavy (non-hydrogen) atoms. The van der Waals surface area contributed by atoms with E-state index in [4.69, 9.17) is 10.5 Å². The quantitative estimate of drug-likeness (QED) is 0.467. The number of para-hydroxylation sites is 1. The predicted molar refractivity (Wildman–Crippen MR) is 130 cm³/mol. The number of anilines is 1. The first kappa shape index (κ1) is 23.3. The minimum atomic E-state index is -0.490. The number of nitrogens with zero attached hydrogens (tertiary/aromatic N) is 3. The van der Waals surface area contributed by atoms with E-state index in [-0.39, 0.29) is 17.8 Å². The Morgan fingerprint density at radius 3 is 2.82 bits per heavy atom. The number of ether oxygens (including phenoxy) is 1. The Balaban J connectivity index is 1.39. The van der Waals surface area contributed by atoms with Crippen LogP contribution in [0.5, 0.6) is 5.75 Å². The molecule has 1 aliphatic carbocycles. The lowest BCUT2D eigenvalue weighted by molar-refractivity contribution is -0.113. The highest BCUT2D eigenvalue weighted by molar-refractivity contribution is 7.99. The van der Waals surface area contributed by atoms with E-state index in [9.17, 15) is 9.59 Å². The summed E-state index contributed by atoms with van der Waals surface area (Å²) in [4.78, 5) is 25.9. The topological polar surface area (TPSA) is 112 Å². The Morgan fingerprint density at radius 1 is 1.33 bits per heavy atom. The molecule has 3 aromatic rings. The van der Waals surface area contributed by atoms with Crippen LogP contribution < -0.4 is 15.8 Å². The number of nitrogens with one attached hydrogen (secondary N) is 1. The summed E-state index contributed by atoms with van der Waals surface area (Å²) in [6.07, 6.45) is 2.45. The van der Waals surface area contributed by atoms with Gasteiger partial charge >= 0.3 is 0 Å². The van der Waals surface area contributed by atoms with E-state index in [1.165, 1.54) is 23.1 Å². The Bertz CT molecular complexity index is 1160. The number of amides is 2. The van der Waals surface area contributed by atoms with Gasteiger partial charge in [0.25, 0.3) is 5.91 Å². The highest BCUT2D eigenvalue weighted by Crippen LogP contribution is 2.39. The molecule has 0 aliphatic heterocycles. The van der Waals surface area contributed by atoms with Gasteiger partial charge in [-0.15, -0.1) is 21.5 Å². The molecule has 0 fully saturated rings. The fraction of sp³-hybridized carbons (Fsp3) is 0.391. The lowest BCUT2D eigenvalue weighted by Crippen LogP contribution is -2.20. The molecule has 1 aliphatic rings. The van der Waals surface area contributed by atoms with Crippen LogP contribution in [0.1, 0.15) is 53.0 Å². The molecular formula is C23H27N5O3S2. The third-order valence-electron chi connectivity index (χ3n) is 5.63. The number of nitrogens with two attached hydrogens (primary N) is 1. The van der Waals surface area contributed by atoms with Crippen molar-refractivity contribution < 1.29 is 14.3 Å². The van der Waals surface area contributed by atoms with Gasteiger partial charge in [0, 0.05) is 11.9 Å². The highest BCUT2D eigenvalue weighted by atomic mass is 32.2. The molecule has 2 atom stereocenters. The maximum atomic E-state index is 12.7. The zero-order valence-electron chi connectivity index (χ0n) is 18.8. The lowest BCUT2D eigenvalue weighted by atomic mass is 9.88. The van der Waals surface area contributed by atoms with Crippen LogP contribution in [0.15, 0.2) is 35.5 Å². The molecule has 0 saturated carbocycles. The lowest BCUT2D eigenvalue weighted by Gasteiger charge is -2.18. The SMILES string of the molecule is CC1CCc2c(sc(NC(=O)CSc3nnc(C(C)Oc4ccccc4)n3C)c2C(N)=O)C1. The van der Waals surface area contributed by atoms with Crippen LogP contribution in [0.3, 0.4) is 0 Å². The Labute approximate surface area is 200 Å². The fourth-order valence-electron chi connectivity index (χ4n) is 3.95. The number of thiophene rings is 1. The van der Waals surface area contributed by atoms with Gasteiger partial charge in [0.15, 0.2) is 17.1 Å². The summed E-state index contributed by atoms with van der Waals surface area (Å²) in [6, 6.07) is 9.52. The van der Waals surface area contributed by atoms with E-state index in [2.05, 4.69) is 22.4 Å². The number of thioether (sulfide) groups is 1. The van der Waals surface area contributed by atoms with Crippen molar-refractivity contribution in [1.82, 2.24) is 14.8 Å². The molecule has 10 heteroatoms.